The number of H-pyrrole nitrogens is 1. The summed E-state index contributed by atoms with van der Waals surface area (Å²) in [4.78, 5) is 19.5. The number of aromatic amines is 1. The fourth-order valence-electron chi connectivity index (χ4n) is 5.68. The van der Waals surface area contributed by atoms with E-state index in [0.717, 1.165) is 67.2 Å². The third-order valence-electron chi connectivity index (χ3n) is 7.67. The van der Waals surface area contributed by atoms with Gasteiger partial charge in [0.05, 0.1) is 19.1 Å². The number of hydrogen-bond acceptors (Lipinski definition) is 5. The molecule has 0 amide bonds. The highest BCUT2D eigenvalue weighted by molar-refractivity contribution is 6.31. The number of halogens is 2. The average Bonchev–Trinajstić information content (AvgIpc) is 3.32. The minimum atomic E-state index is -0.357. The van der Waals surface area contributed by atoms with Gasteiger partial charge in [-0.25, -0.2) is 0 Å². The van der Waals surface area contributed by atoms with Crippen LogP contribution in [-0.4, -0.2) is 55.3 Å². The van der Waals surface area contributed by atoms with E-state index < -0.39 is 0 Å². The fourth-order valence-corrected chi connectivity index (χ4v) is 5.98. The molecular formula is C31H30Cl2N2O4. The first-order valence-electron chi connectivity index (χ1n) is 13.4. The molecule has 2 unspecified atom stereocenters. The lowest BCUT2D eigenvalue weighted by Crippen LogP contribution is -2.38. The number of carbonyl (C=O) groups excluding carboxylic acids is 1. The Hall–Kier alpha value is -3.03. The van der Waals surface area contributed by atoms with Gasteiger partial charge >= 0.3 is 5.97 Å². The topological polar surface area (TPSA) is 63.8 Å². The Kier molecular flexibility index (Phi) is 7.80. The van der Waals surface area contributed by atoms with Gasteiger partial charge in [-0.2, -0.15) is 0 Å². The molecule has 0 radical (unpaired) electrons. The zero-order valence-electron chi connectivity index (χ0n) is 21.5. The molecule has 2 aliphatic rings. The smallest absolute Gasteiger partial charge is 0.315 e. The van der Waals surface area contributed by atoms with Crippen molar-refractivity contribution in [2.24, 2.45) is 5.92 Å². The van der Waals surface area contributed by atoms with E-state index in [0.29, 0.717) is 28.8 Å². The van der Waals surface area contributed by atoms with Crippen molar-refractivity contribution >= 4 is 40.1 Å². The zero-order chi connectivity index (χ0) is 26.8. The number of esters is 1. The summed E-state index contributed by atoms with van der Waals surface area (Å²) >= 11 is 12.4. The van der Waals surface area contributed by atoms with Crippen LogP contribution in [0.1, 0.15) is 29.2 Å². The molecule has 1 aliphatic carbocycles. The number of hydrogen-bond donors (Lipinski definition) is 1. The lowest BCUT2D eigenvalue weighted by atomic mass is 9.74. The first kappa shape index (κ1) is 26.2. The molecule has 8 heteroatoms. The summed E-state index contributed by atoms with van der Waals surface area (Å²) in [7, 11) is 0. The SMILES string of the molecule is O=C(Oc1ccc(Cl)cc1)C1CCc2c([nH]c3ccc(Cl)cc23)C1c1ccc(OCCN2CCOCC2)cc1. The van der Waals surface area contributed by atoms with Crippen molar-refractivity contribution < 1.29 is 19.0 Å². The number of aromatic nitrogens is 1. The first-order chi connectivity index (χ1) is 19.0. The van der Waals surface area contributed by atoms with Crippen molar-refractivity contribution in [3.63, 3.8) is 0 Å². The van der Waals surface area contributed by atoms with Crippen LogP contribution in [0.2, 0.25) is 10.0 Å². The molecule has 6 nitrogen and oxygen atoms in total. The van der Waals surface area contributed by atoms with Crippen molar-refractivity contribution in [3.8, 4) is 11.5 Å². The fraction of sp³-hybridized carbons (Fsp3) is 0.323. The Bertz CT molecular complexity index is 1450. The summed E-state index contributed by atoms with van der Waals surface area (Å²) in [6.07, 6.45) is 1.43. The predicted octanol–water partition coefficient (Wildman–Crippen LogP) is 6.49. The van der Waals surface area contributed by atoms with E-state index in [4.69, 9.17) is 37.4 Å². The standard InChI is InChI=1S/C31H30Cl2N2O4/c32-21-3-8-24(9-4-21)39-31(36)26-11-10-25-27-19-22(33)5-12-28(27)34-30(25)29(26)20-1-6-23(7-2-20)38-18-15-35-13-16-37-17-14-35/h1-9,12,19,26,29,34H,10-11,13-18H2. The molecule has 0 spiro atoms. The third-order valence-corrected chi connectivity index (χ3v) is 8.16. The highest BCUT2D eigenvalue weighted by Gasteiger charge is 2.39. The minimum absolute atomic E-state index is 0.192. The Morgan fingerprint density at radius 1 is 0.949 bits per heavy atom. The monoisotopic (exact) mass is 564 g/mol. The van der Waals surface area contributed by atoms with Gasteiger partial charge in [0, 0.05) is 52.2 Å². The predicted molar refractivity (Wildman–Crippen MR) is 153 cm³/mol. The van der Waals surface area contributed by atoms with Crippen LogP contribution in [0.4, 0.5) is 0 Å². The molecular weight excluding hydrogens is 535 g/mol. The van der Waals surface area contributed by atoms with Gasteiger partial charge in [0.2, 0.25) is 0 Å². The van der Waals surface area contributed by atoms with E-state index >= 15 is 0 Å². The zero-order valence-corrected chi connectivity index (χ0v) is 23.0. The highest BCUT2D eigenvalue weighted by Crippen LogP contribution is 2.44. The van der Waals surface area contributed by atoms with Crippen LogP contribution in [0, 0.1) is 5.92 Å². The van der Waals surface area contributed by atoms with E-state index in [-0.39, 0.29) is 17.8 Å². The van der Waals surface area contributed by atoms with Crippen molar-refractivity contribution in [1.29, 1.82) is 0 Å². The summed E-state index contributed by atoms with van der Waals surface area (Å²) in [6, 6.07) is 20.9. The summed E-state index contributed by atoms with van der Waals surface area (Å²) in [5, 5.41) is 2.40. The maximum atomic E-state index is 13.5. The summed E-state index contributed by atoms with van der Waals surface area (Å²) in [5.41, 5.74) is 4.30. The molecule has 2 heterocycles. The van der Waals surface area contributed by atoms with Gasteiger partial charge in [-0.3, -0.25) is 9.69 Å². The number of aryl methyl sites for hydroxylation is 1. The van der Waals surface area contributed by atoms with Gasteiger partial charge in [-0.05, 0) is 78.6 Å². The molecule has 1 aromatic heterocycles. The van der Waals surface area contributed by atoms with Crippen LogP contribution < -0.4 is 9.47 Å². The molecule has 0 saturated carbocycles. The van der Waals surface area contributed by atoms with Gasteiger partial charge < -0.3 is 19.2 Å². The molecule has 1 saturated heterocycles. The van der Waals surface area contributed by atoms with Crippen molar-refractivity contribution in [3.05, 3.63) is 93.6 Å². The van der Waals surface area contributed by atoms with E-state index in [9.17, 15) is 4.79 Å². The molecule has 1 fully saturated rings. The number of benzene rings is 3. The lowest BCUT2D eigenvalue weighted by Gasteiger charge is -2.31. The Labute approximate surface area is 237 Å². The van der Waals surface area contributed by atoms with Crippen molar-refractivity contribution in [1.82, 2.24) is 9.88 Å². The molecule has 39 heavy (non-hydrogen) atoms. The molecule has 0 bridgehead atoms. The molecule has 6 rings (SSSR count). The number of rotatable bonds is 7. The second-order valence-corrected chi connectivity index (χ2v) is 10.9. The Morgan fingerprint density at radius 2 is 1.67 bits per heavy atom. The van der Waals surface area contributed by atoms with E-state index in [2.05, 4.69) is 22.0 Å². The van der Waals surface area contributed by atoms with Crippen LogP contribution in [-0.2, 0) is 16.0 Å². The maximum Gasteiger partial charge on any atom is 0.315 e. The third kappa shape index (κ3) is 5.80. The number of ether oxygens (including phenoxy) is 3. The largest absolute Gasteiger partial charge is 0.492 e. The van der Waals surface area contributed by atoms with Crippen LogP contribution in [0.3, 0.4) is 0 Å². The Morgan fingerprint density at radius 3 is 2.44 bits per heavy atom. The van der Waals surface area contributed by atoms with Gasteiger partial charge in [0.25, 0.3) is 0 Å². The summed E-state index contributed by atoms with van der Waals surface area (Å²) in [6.45, 7) is 4.92. The average molecular weight is 565 g/mol. The van der Waals surface area contributed by atoms with Crippen LogP contribution >= 0.6 is 23.2 Å². The van der Waals surface area contributed by atoms with Crippen LogP contribution in [0.5, 0.6) is 11.5 Å². The highest BCUT2D eigenvalue weighted by atomic mass is 35.5. The van der Waals surface area contributed by atoms with Gasteiger partial charge in [-0.15, -0.1) is 0 Å². The number of carbonyl (C=O) groups is 1. The normalized spacial score (nSPS) is 19.5. The van der Waals surface area contributed by atoms with E-state index in [1.165, 1.54) is 5.56 Å². The Balaban J connectivity index is 1.26. The second kappa shape index (κ2) is 11.6. The quantitative estimate of drug-likeness (QED) is 0.205. The molecule has 1 N–H and O–H groups in total. The number of nitrogens with one attached hydrogen (secondary N) is 1. The van der Waals surface area contributed by atoms with Crippen molar-refractivity contribution in [2.45, 2.75) is 18.8 Å². The van der Waals surface area contributed by atoms with Crippen LogP contribution in [0.25, 0.3) is 10.9 Å². The first-order valence-corrected chi connectivity index (χ1v) is 14.1. The molecule has 1 aliphatic heterocycles. The number of morpholine rings is 1. The minimum Gasteiger partial charge on any atom is -0.492 e. The molecule has 2 atom stereocenters. The van der Waals surface area contributed by atoms with E-state index in [1.807, 2.05) is 30.3 Å². The van der Waals surface area contributed by atoms with Gasteiger partial charge in [-0.1, -0.05) is 35.3 Å². The summed E-state index contributed by atoms with van der Waals surface area (Å²) < 4.78 is 17.3. The molecule has 4 aromatic rings. The second-order valence-electron chi connectivity index (χ2n) is 10.1. The lowest BCUT2D eigenvalue weighted by molar-refractivity contribution is -0.139. The maximum absolute atomic E-state index is 13.5. The number of nitrogens with zero attached hydrogens (tertiary/aromatic N) is 1. The van der Waals surface area contributed by atoms with E-state index in [1.54, 1.807) is 24.3 Å². The van der Waals surface area contributed by atoms with Crippen LogP contribution in [0.15, 0.2) is 66.7 Å². The summed E-state index contributed by atoms with van der Waals surface area (Å²) in [5.74, 6) is 0.496. The van der Waals surface area contributed by atoms with Crippen molar-refractivity contribution in [2.75, 3.05) is 39.5 Å². The molecule has 3 aromatic carbocycles. The molecule has 202 valence electrons. The van der Waals surface area contributed by atoms with Gasteiger partial charge in [0.15, 0.2) is 0 Å². The number of fused-ring (bicyclic) bond motifs is 3. The van der Waals surface area contributed by atoms with Gasteiger partial charge in [0.1, 0.15) is 18.1 Å².